The Hall–Kier alpha value is -2.91. The van der Waals surface area contributed by atoms with Gasteiger partial charge < -0.3 is 15.0 Å². The first-order chi connectivity index (χ1) is 14.1. The zero-order chi connectivity index (χ0) is 20.4. The minimum atomic E-state index is 0.719. The van der Waals surface area contributed by atoms with Crippen LogP contribution < -0.4 is 10.1 Å². The molecule has 8 nitrogen and oxygen atoms in total. The van der Waals surface area contributed by atoms with E-state index in [0.29, 0.717) is 0 Å². The molecule has 1 N–H and O–H groups in total. The lowest BCUT2D eigenvalue weighted by molar-refractivity contribution is 0.419. The number of nitrogens with zero attached hydrogens (tertiary/aromatic N) is 6. The number of fused-ring (bicyclic) bond motifs is 3. The Morgan fingerprint density at radius 1 is 1.10 bits per heavy atom. The SMILES string of the molecule is COc1ccnc2c1c(-c1ccnc(SC)n1)c1ccnc(NCCN(C)C)n12. The monoisotopic (exact) mass is 409 g/mol. The van der Waals surface area contributed by atoms with E-state index in [1.54, 1.807) is 25.7 Å². The summed E-state index contributed by atoms with van der Waals surface area (Å²) in [5.41, 5.74) is 3.53. The molecule has 4 aromatic rings. The minimum Gasteiger partial charge on any atom is -0.496 e. The van der Waals surface area contributed by atoms with Crippen molar-refractivity contribution in [2.45, 2.75) is 5.16 Å². The summed E-state index contributed by atoms with van der Waals surface area (Å²) in [6, 6.07) is 5.77. The van der Waals surface area contributed by atoms with Crippen LogP contribution in [0.5, 0.6) is 5.75 Å². The lowest BCUT2D eigenvalue weighted by atomic mass is 10.1. The number of pyridine rings is 1. The minimum absolute atomic E-state index is 0.719. The Bertz CT molecular complexity index is 1160. The van der Waals surface area contributed by atoms with Crippen LogP contribution in [0.15, 0.2) is 41.9 Å². The first kappa shape index (κ1) is 19.4. The highest BCUT2D eigenvalue weighted by atomic mass is 32.2. The van der Waals surface area contributed by atoms with Gasteiger partial charge in [0.2, 0.25) is 5.95 Å². The molecule has 0 amide bonds. The Kier molecular flexibility index (Phi) is 5.50. The summed E-state index contributed by atoms with van der Waals surface area (Å²) in [5.74, 6) is 1.48. The average Bonchev–Trinajstić information content (AvgIpc) is 3.09. The number of aromatic nitrogens is 5. The second-order valence-electron chi connectivity index (χ2n) is 6.73. The van der Waals surface area contributed by atoms with Crippen molar-refractivity contribution in [1.29, 1.82) is 0 Å². The zero-order valence-electron chi connectivity index (χ0n) is 16.9. The number of thioether (sulfide) groups is 1. The fourth-order valence-corrected chi connectivity index (χ4v) is 3.68. The molecule has 0 saturated heterocycles. The Labute approximate surface area is 173 Å². The molecule has 0 spiro atoms. The molecular formula is C20H23N7OS. The maximum absolute atomic E-state index is 5.68. The molecule has 0 aliphatic carbocycles. The number of hydrogen-bond acceptors (Lipinski definition) is 8. The van der Waals surface area contributed by atoms with Gasteiger partial charge in [-0.25, -0.2) is 19.9 Å². The van der Waals surface area contributed by atoms with Crippen LogP contribution in [0.3, 0.4) is 0 Å². The first-order valence-electron chi connectivity index (χ1n) is 9.22. The van der Waals surface area contributed by atoms with Gasteiger partial charge in [0, 0.05) is 37.2 Å². The average molecular weight is 410 g/mol. The van der Waals surface area contributed by atoms with Gasteiger partial charge in [0.05, 0.1) is 23.7 Å². The molecule has 29 heavy (non-hydrogen) atoms. The van der Waals surface area contributed by atoms with E-state index >= 15 is 0 Å². The van der Waals surface area contributed by atoms with Crippen LogP contribution in [-0.4, -0.2) is 69.8 Å². The third-order valence-corrected chi connectivity index (χ3v) is 5.19. The van der Waals surface area contributed by atoms with Gasteiger partial charge in [0.25, 0.3) is 0 Å². The van der Waals surface area contributed by atoms with Gasteiger partial charge in [0.15, 0.2) is 10.8 Å². The van der Waals surface area contributed by atoms with E-state index in [9.17, 15) is 0 Å². The summed E-state index contributed by atoms with van der Waals surface area (Å²) in [4.78, 5) is 20.4. The maximum Gasteiger partial charge on any atom is 0.209 e. The lowest BCUT2D eigenvalue weighted by Gasteiger charge is -2.12. The molecular weight excluding hydrogens is 386 g/mol. The second kappa shape index (κ2) is 8.22. The van der Waals surface area contributed by atoms with Crippen molar-refractivity contribution >= 4 is 34.3 Å². The summed E-state index contributed by atoms with van der Waals surface area (Å²) >= 11 is 1.51. The number of ether oxygens (including phenoxy) is 1. The van der Waals surface area contributed by atoms with Crippen LogP contribution in [0, 0.1) is 0 Å². The molecule has 0 bridgehead atoms. The molecule has 0 aliphatic heterocycles. The highest BCUT2D eigenvalue weighted by molar-refractivity contribution is 7.98. The van der Waals surface area contributed by atoms with Gasteiger partial charge >= 0.3 is 0 Å². The topological polar surface area (TPSA) is 80.5 Å². The standard InChI is InChI=1S/C20H23N7OS/c1-26(2)12-11-23-19-22-9-6-14-16(13-5-8-24-20(25-13)29-4)17-15(28-3)7-10-21-18(17)27(14)19/h5-10H,11-12H2,1-4H3,(H,22,23). The molecule has 0 saturated carbocycles. The lowest BCUT2D eigenvalue weighted by Crippen LogP contribution is -2.22. The first-order valence-corrected chi connectivity index (χ1v) is 10.4. The number of nitrogens with one attached hydrogen (secondary N) is 1. The van der Waals surface area contributed by atoms with Crippen LogP contribution in [-0.2, 0) is 0 Å². The summed E-state index contributed by atoms with van der Waals surface area (Å²) < 4.78 is 7.71. The van der Waals surface area contributed by atoms with E-state index in [-0.39, 0.29) is 0 Å². The third-order valence-electron chi connectivity index (χ3n) is 4.63. The van der Waals surface area contributed by atoms with E-state index in [4.69, 9.17) is 9.72 Å². The molecule has 9 heteroatoms. The number of anilines is 1. The predicted molar refractivity (Wildman–Crippen MR) is 117 cm³/mol. The summed E-state index contributed by atoms with van der Waals surface area (Å²) in [7, 11) is 5.76. The van der Waals surface area contributed by atoms with Crippen LogP contribution in [0.1, 0.15) is 0 Å². The van der Waals surface area contributed by atoms with E-state index in [0.717, 1.165) is 57.8 Å². The van der Waals surface area contributed by atoms with Crippen LogP contribution in [0.25, 0.3) is 27.8 Å². The second-order valence-corrected chi connectivity index (χ2v) is 7.51. The quantitative estimate of drug-likeness (QED) is 0.369. The van der Waals surface area contributed by atoms with Gasteiger partial charge in [-0.15, -0.1) is 0 Å². The van der Waals surface area contributed by atoms with Gasteiger partial charge in [-0.3, -0.25) is 4.40 Å². The van der Waals surface area contributed by atoms with Gasteiger partial charge in [-0.1, -0.05) is 11.8 Å². The van der Waals surface area contributed by atoms with E-state index in [2.05, 4.69) is 25.2 Å². The molecule has 0 fully saturated rings. The van der Waals surface area contributed by atoms with Crippen molar-refractivity contribution in [2.75, 3.05) is 45.9 Å². The van der Waals surface area contributed by atoms with Crippen molar-refractivity contribution in [3.05, 3.63) is 36.8 Å². The van der Waals surface area contributed by atoms with Gasteiger partial charge in [0.1, 0.15) is 5.75 Å². The van der Waals surface area contributed by atoms with Crippen molar-refractivity contribution in [3.63, 3.8) is 0 Å². The zero-order valence-corrected chi connectivity index (χ0v) is 17.7. The molecule has 150 valence electrons. The Balaban J connectivity index is 2.00. The molecule has 0 unspecified atom stereocenters. The smallest absolute Gasteiger partial charge is 0.209 e. The summed E-state index contributed by atoms with van der Waals surface area (Å²) in [5, 5.41) is 5.05. The molecule has 4 rings (SSSR count). The molecule has 4 heterocycles. The van der Waals surface area contributed by atoms with E-state index in [1.807, 2.05) is 43.0 Å². The maximum atomic E-state index is 5.68. The fourth-order valence-electron chi connectivity index (χ4n) is 3.32. The van der Waals surface area contributed by atoms with Crippen LogP contribution in [0.2, 0.25) is 0 Å². The number of methoxy groups -OCH3 is 1. The van der Waals surface area contributed by atoms with Crippen molar-refractivity contribution in [3.8, 4) is 17.0 Å². The number of likely N-dealkylation sites (N-methyl/N-ethyl adjacent to an activating group) is 1. The fraction of sp³-hybridized carbons (Fsp3) is 0.300. The van der Waals surface area contributed by atoms with E-state index in [1.165, 1.54) is 11.8 Å². The third kappa shape index (κ3) is 3.58. The summed E-state index contributed by atoms with van der Waals surface area (Å²) in [6.45, 7) is 1.66. The van der Waals surface area contributed by atoms with Gasteiger partial charge in [-0.2, -0.15) is 0 Å². The predicted octanol–water partition coefficient (Wildman–Crippen LogP) is 3.04. The largest absolute Gasteiger partial charge is 0.496 e. The van der Waals surface area contributed by atoms with Crippen LogP contribution >= 0.6 is 11.8 Å². The number of rotatable bonds is 7. The molecule has 0 atom stereocenters. The summed E-state index contributed by atoms with van der Waals surface area (Å²) in [6.07, 6.45) is 7.30. The van der Waals surface area contributed by atoms with Gasteiger partial charge in [-0.05, 0) is 38.6 Å². The molecule has 0 aliphatic rings. The highest BCUT2D eigenvalue weighted by Gasteiger charge is 2.21. The highest BCUT2D eigenvalue weighted by Crippen LogP contribution is 2.39. The van der Waals surface area contributed by atoms with Crippen molar-refractivity contribution < 1.29 is 4.74 Å². The van der Waals surface area contributed by atoms with Crippen LogP contribution in [0.4, 0.5) is 5.95 Å². The molecule has 4 aromatic heterocycles. The van der Waals surface area contributed by atoms with E-state index < -0.39 is 0 Å². The number of hydrogen-bond donors (Lipinski definition) is 1. The Morgan fingerprint density at radius 3 is 2.66 bits per heavy atom. The van der Waals surface area contributed by atoms with Crippen molar-refractivity contribution in [2.24, 2.45) is 0 Å². The van der Waals surface area contributed by atoms with Crippen molar-refractivity contribution in [1.82, 2.24) is 29.2 Å². The Morgan fingerprint density at radius 2 is 1.90 bits per heavy atom. The molecule has 0 radical (unpaired) electrons. The normalized spacial score (nSPS) is 11.5. The molecule has 0 aromatic carbocycles.